The van der Waals surface area contributed by atoms with Gasteiger partial charge in [-0.15, -0.1) is 0 Å². The maximum atomic E-state index is 12.6. The second-order valence-corrected chi connectivity index (χ2v) is 4.71. The van der Waals surface area contributed by atoms with Gasteiger partial charge < -0.3 is 4.74 Å². The molecule has 7 heteroatoms. The number of halogens is 4. The monoisotopic (exact) mass is 371 g/mol. The van der Waals surface area contributed by atoms with Crippen LogP contribution in [0, 0.1) is 0 Å². The Morgan fingerprint density at radius 2 is 2.18 bits per heavy atom. The number of nitrogens with zero attached hydrogens (tertiary/aromatic N) is 1. The van der Waals surface area contributed by atoms with Gasteiger partial charge in [-0.05, 0) is 44.3 Å². The molecule has 0 aliphatic rings. The Balaban J connectivity index is 3.05. The molecule has 94 valence electrons. The van der Waals surface area contributed by atoms with Crippen molar-refractivity contribution in [2.24, 2.45) is 0 Å². The minimum Gasteiger partial charge on any atom is -0.466 e. The van der Waals surface area contributed by atoms with E-state index in [-0.39, 0.29) is 23.2 Å². The maximum absolute atomic E-state index is 12.6. The Morgan fingerprint density at radius 3 is 2.71 bits per heavy atom. The number of pyridine rings is 1. The average Bonchev–Trinajstić information content (AvgIpc) is 2.24. The van der Waals surface area contributed by atoms with Crippen molar-refractivity contribution in [1.82, 2.24) is 4.98 Å². The van der Waals surface area contributed by atoms with Gasteiger partial charge in [0.25, 0.3) is 6.43 Å². The molecule has 0 atom stereocenters. The van der Waals surface area contributed by atoms with Gasteiger partial charge in [-0.1, -0.05) is 0 Å². The summed E-state index contributed by atoms with van der Waals surface area (Å²) in [6, 6.07) is 0. The van der Waals surface area contributed by atoms with Crippen LogP contribution in [0.4, 0.5) is 8.78 Å². The maximum Gasteiger partial charge on any atom is 0.310 e. The van der Waals surface area contributed by atoms with Gasteiger partial charge >= 0.3 is 5.97 Å². The first-order valence-electron chi connectivity index (χ1n) is 4.73. The molecule has 0 amide bonds. The number of ether oxygens (including phenoxy) is 1. The lowest BCUT2D eigenvalue weighted by molar-refractivity contribution is -0.142. The van der Waals surface area contributed by atoms with Gasteiger partial charge in [-0.2, -0.15) is 0 Å². The topological polar surface area (TPSA) is 39.2 Å². The normalized spacial score (nSPS) is 10.7. The third kappa shape index (κ3) is 3.70. The molecule has 0 bridgehead atoms. The SMILES string of the molecule is CCOC(=O)Cc1c(Br)cnc(C(F)F)c1Br. The molecule has 0 radical (unpaired) electrons. The molecule has 1 rings (SSSR count). The molecule has 0 saturated heterocycles. The highest BCUT2D eigenvalue weighted by Gasteiger charge is 2.20. The van der Waals surface area contributed by atoms with Gasteiger partial charge in [0.1, 0.15) is 5.69 Å². The van der Waals surface area contributed by atoms with Crippen molar-refractivity contribution in [2.45, 2.75) is 19.8 Å². The summed E-state index contributed by atoms with van der Waals surface area (Å²) in [5.41, 5.74) is 0.0289. The Morgan fingerprint density at radius 1 is 1.53 bits per heavy atom. The summed E-state index contributed by atoms with van der Waals surface area (Å²) in [7, 11) is 0. The van der Waals surface area contributed by atoms with Crippen LogP contribution in [0.3, 0.4) is 0 Å². The lowest BCUT2D eigenvalue weighted by atomic mass is 10.1. The fourth-order valence-corrected chi connectivity index (χ4v) is 2.53. The van der Waals surface area contributed by atoms with E-state index >= 15 is 0 Å². The second kappa shape index (κ2) is 6.39. The Labute approximate surface area is 114 Å². The molecule has 1 aromatic heterocycles. The molecule has 17 heavy (non-hydrogen) atoms. The number of alkyl halides is 2. The van der Waals surface area contributed by atoms with Crippen LogP contribution in [0.25, 0.3) is 0 Å². The predicted molar refractivity (Wildman–Crippen MR) is 64.9 cm³/mol. The van der Waals surface area contributed by atoms with Gasteiger partial charge in [-0.3, -0.25) is 9.78 Å². The van der Waals surface area contributed by atoms with E-state index < -0.39 is 12.4 Å². The van der Waals surface area contributed by atoms with Gasteiger partial charge in [0.15, 0.2) is 0 Å². The average molecular weight is 373 g/mol. The second-order valence-electron chi connectivity index (χ2n) is 3.07. The van der Waals surface area contributed by atoms with E-state index in [9.17, 15) is 13.6 Å². The third-order valence-corrected chi connectivity index (χ3v) is 3.50. The molecule has 3 nitrogen and oxygen atoms in total. The van der Waals surface area contributed by atoms with E-state index in [4.69, 9.17) is 4.74 Å². The van der Waals surface area contributed by atoms with Crippen LogP contribution < -0.4 is 0 Å². The van der Waals surface area contributed by atoms with Crippen molar-refractivity contribution in [3.63, 3.8) is 0 Å². The first-order valence-corrected chi connectivity index (χ1v) is 6.32. The van der Waals surface area contributed by atoms with E-state index in [0.29, 0.717) is 10.0 Å². The van der Waals surface area contributed by atoms with Gasteiger partial charge in [0.05, 0.1) is 13.0 Å². The van der Waals surface area contributed by atoms with E-state index in [1.165, 1.54) is 6.20 Å². The first kappa shape index (κ1) is 14.5. The zero-order chi connectivity index (χ0) is 13.0. The van der Waals surface area contributed by atoms with Crippen LogP contribution in [0.5, 0.6) is 0 Å². The fraction of sp³-hybridized carbons (Fsp3) is 0.400. The first-order chi connectivity index (χ1) is 7.97. The van der Waals surface area contributed by atoms with Crippen molar-refractivity contribution in [3.8, 4) is 0 Å². The molecule has 0 saturated carbocycles. The molecule has 0 aromatic carbocycles. The number of aromatic nitrogens is 1. The Bertz CT molecular complexity index is 427. The zero-order valence-corrected chi connectivity index (χ0v) is 12.0. The number of esters is 1. The smallest absolute Gasteiger partial charge is 0.310 e. The Kier molecular flexibility index (Phi) is 5.45. The summed E-state index contributed by atoms with van der Waals surface area (Å²) < 4.78 is 30.6. The number of rotatable bonds is 4. The largest absolute Gasteiger partial charge is 0.466 e. The molecule has 0 spiro atoms. The van der Waals surface area contributed by atoms with Crippen LogP contribution in [0.1, 0.15) is 24.6 Å². The van der Waals surface area contributed by atoms with Crippen molar-refractivity contribution in [3.05, 3.63) is 26.4 Å². The predicted octanol–water partition coefficient (Wildman–Crippen LogP) is 3.65. The molecular weight excluding hydrogens is 364 g/mol. The highest BCUT2D eigenvalue weighted by molar-refractivity contribution is 9.11. The summed E-state index contributed by atoms with van der Waals surface area (Å²) in [5.74, 6) is -0.472. The number of carbonyl (C=O) groups excluding carboxylic acids is 1. The van der Waals surface area contributed by atoms with E-state index in [0.717, 1.165) is 0 Å². The third-order valence-electron chi connectivity index (χ3n) is 1.93. The number of hydrogen-bond acceptors (Lipinski definition) is 3. The summed E-state index contributed by atoms with van der Waals surface area (Å²) in [6.45, 7) is 1.93. The molecular formula is C10H9Br2F2NO2. The lowest BCUT2D eigenvalue weighted by Gasteiger charge is -2.10. The summed E-state index contributed by atoms with van der Waals surface area (Å²) in [6.07, 6.45) is -1.53. The van der Waals surface area contributed by atoms with Crippen LogP contribution >= 0.6 is 31.9 Å². The van der Waals surface area contributed by atoms with Crippen molar-refractivity contribution in [2.75, 3.05) is 6.61 Å². The quantitative estimate of drug-likeness (QED) is 0.757. The molecule has 0 aliphatic carbocycles. The van der Waals surface area contributed by atoms with Crippen molar-refractivity contribution in [1.29, 1.82) is 0 Å². The summed E-state index contributed by atoms with van der Waals surface area (Å²) in [5, 5.41) is 0. The Hall–Kier alpha value is -0.560. The molecule has 0 N–H and O–H groups in total. The standard InChI is InChI=1S/C10H9Br2F2NO2/c1-2-17-7(16)3-5-6(11)4-15-9(8(5)12)10(13)14/h4,10H,2-3H2,1H3. The van der Waals surface area contributed by atoms with Gasteiger partial charge in [-0.25, -0.2) is 8.78 Å². The molecule has 0 aliphatic heterocycles. The fourth-order valence-electron chi connectivity index (χ4n) is 1.19. The highest BCUT2D eigenvalue weighted by Crippen LogP contribution is 2.32. The van der Waals surface area contributed by atoms with Crippen LogP contribution in [-0.2, 0) is 16.0 Å². The summed E-state index contributed by atoms with van der Waals surface area (Å²) >= 11 is 6.20. The number of carbonyl (C=O) groups is 1. The minimum absolute atomic E-state index is 0.0861. The lowest BCUT2D eigenvalue weighted by Crippen LogP contribution is -2.10. The highest BCUT2D eigenvalue weighted by atomic mass is 79.9. The van der Waals surface area contributed by atoms with Crippen molar-refractivity contribution >= 4 is 37.8 Å². The van der Waals surface area contributed by atoms with E-state index in [2.05, 4.69) is 36.8 Å². The minimum atomic E-state index is -2.70. The van der Waals surface area contributed by atoms with Crippen molar-refractivity contribution < 1.29 is 18.3 Å². The van der Waals surface area contributed by atoms with E-state index in [1.807, 2.05) is 0 Å². The van der Waals surface area contributed by atoms with Crippen LogP contribution in [0.2, 0.25) is 0 Å². The molecule has 0 fully saturated rings. The van der Waals surface area contributed by atoms with Crippen LogP contribution in [0.15, 0.2) is 15.1 Å². The van der Waals surface area contributed by atoms with Gasteiger partial charge in [0.2, 0.25) is 0 Å². The summed E-state index contributed by atoms with van der Waals surface area (Å²) in [4.78, 5) is 14.9. The molecule has 1 aromatic rings. The van der Waals surface area contributed by atoms with Crippen LogP contribution in [-0.4, -0.2) is 17.6 Å². The molecule has 0 unspecified atom stereocenters. The number of hydrogen-bond donors (Lipinski definition) is 0. The van der Waals surface area contributed by atoms with Gasteiger partial charge in [0, 0.05) is 15.1 Å². The zero-order valence-electron chi connectivity index (χ0n) is 8.84. The van der Waals surface area contributed by atoms with E-state index in [1.54, 1.807) is 6.92 Å². The molecule has 1 heterocycles.